The van der Waals surface area contributed by atoms with Crippen LogP contribution in [-0.4, -0.2) is 65.8 Å². The van der Waals surface area contributed by atoms with E-state index in [0.29, 0.717) is 67.4 Å². The minimum Gasteiger partial charge on any atom is -0.457 e. The first kappa shape index (κ1) is 37.1. The second-order valence-corrected chi connectivity index (χ2v) is 17.0. The van der Waals surface area contributed by atoms with Crippen molar-refractivity contribution in [2.45, 2.75) is 9.79 Å². The minimum atomic E-state index is -4.64. The summed E-state index contributed by atoms with van der Waals surface area (Å²) in [5, 5.41) is 2.21. The van der Waals surface area contributed by atoms with Gasteiger partial charge in [-0.15, -0.1) is 0 Å². The first-order valence-corrected chi connectivity index (χ1v) is 21.6. The van der Waals surface area contributed by atoms with Crippen molar-refractivity contribution in [2.75, 3.05) is 0 Å². The van der Waals surface area contributed by atoms with Gasteiger partial charge in [0.15, 0.2) is 23.3 Å². The Morgan fingerprint density at radius 2 is 0.839 bits per heavy atom. The van der Waals surface area contributed by atoms with Crippen LogP contribution in [0.4, 0.5) is 0 Å². The summed E-state index contributed by atoms with van der Waals surface area (Å²) in [6, 6.07) is 36.9. The summed E-state index contributed by atoms with van der Waals surface area (Å²) in [4.78, 5) is 35.9. The van der Waals surface area contributed by atoms with E-state index in [1.54, 1.807) is 18.2 Å². The first-order valence-electron chi connectivity index (χ1n) is 18.7. The number of fused-ring (bicyclic) bond motifs is 20. The molecule has 4 N–H and O–H groups in total. The van der Waals surface area contributed by atoms with Gasteiger partial charge in [-0.05, 0) is 66.7 Å². The number of para-hydroxylation sites is 1. The molecule has 3 aromatic heterocycles. The van der Waals surface area contributed by atoms with Gasteiger partial charge in [-0.25, -0.2) is 29.9 Å². The van der Waals surface area contributed by atoms with Crippen LogP contribution in [-0.2, 0) is 20.2 Å². The third kappa shape index (κ3) is 6.37. The average molecular weight is 859 g/mol. The Bertz CT molecular complexity index is 3770. The van der Waals surface area contributed by atoms with Crippen molar-refractivity contribution in [1.29, 1.82) is 0 Å². The molecular formula is C44H26N8O8S2. The number of hydrogen-bond donors (Lipinski definition) is 4. The monoisotopic (exact) mass is 858 g/mol. The molecular weight excluding hydrogens is 833 g/mol. The van der Waals surface area contributed by atoms with Crippen molar-refractivity contribution < 1.29 is 35.4 Å². The van der Waals surface area contributed by atoms with Crippen LogP contribution < -0.4 is 9.47 Å². The van der Waals surface area contributed by atoms with Gasteiger partial charge < -0.3 is 19.4 Å². The number of hydrogen-bond acceptors (Lipinski definition) is 12. The van der Waals surface area contributed by atoms with Crippen LogP contribution in [0.1, 0.15) is 0 Å². The molecule has 0 fully saturated rings. The summed E-state index contributed by atoms with van der Waals surface area (Å²) in [5.74, 6) is 2.54. The molecule has 0 spiro atoms. The van der Waals surface area contributed by atoms with E-state index in [9.17, 15) is 25.9 Å². The third-order valence-electron chi connectivity index (χ3n) is 10.3. The van der Waals surface area contributed by atoms with E-state index in [4.69, 9.17) is 39.4 Å². The molecule has 9 aromatic rings. The maximum Gasteiger partial charge on any atom is 0.294 e. The zero-order valence-electron chi connectivity index (χ0n) is 31.5. The molecule has 18 heteroatoms. The molecule has 0 aliphatic carbocycles. The lowest BCUT2D eigenvalue weighted by atomic mass is 10.1. The predicted molar refractivity (Wildman–Crippen MR) is 229 cm³/mol. The number of nitrogens with zero attached hydrogens (tertiary/aromatic N) is 6. The second kappa shape index (κ2) is 13.8. The average Bonchev–Trinajstić information content (AvgIpc) is 4.00. The number of aromatic amines is 2. The first-order chi connectivity index (χ1) is 29.9. The third-order valence-corrected chi connectivity index (χ3v) is 12.0. The van der Waals surface area contributed by atoms with Gasteiger partial charge in [0, 0.05) is 32.7 Å². The van der Waals surface area contributed by atoms with E-state index in [-0.39, 0.29) is 44.3 Å². The fourth-order valence-electron chi connectivity index (χ4n) is 7.51. The van der Waals surface area contributed by atoms with Crippen LogP contribution in [0.3, 0.4) is 0 Å². The molecule has 16 nitrogen and oxygen atoms in total. The molecule has 6 aromatic carbocycles. The molecule has 5 heterocycles. The lowest BCUT2D eigenvalue weighted by molar-refractivity contribution is 0.478. The maximum absolute atomic E-state index is 12.4. The Labute approximate surface area is 350 Å². The number of ether oxygens (including phenoxy) is 2. The minimum absolute atomic E-state index is 0.156. The highest BCUT2D eigenvalue weighted by Crippen LogP contribution is 2.44. The second-order valence-electron chi connectivity index (χ2n) is 14.2. The van der Waals surface area contributed by atoms with Gasteiger partial charge >= 0.3 is 0 Å². The van der Waals surface area contributed by atoms with Gasteiger partial charge in [0.1, 0.15) is 45.6 Å². The molecule has 62 heavy (non-hydrogen) atoms. The summed E-state index contributed by atoms with van der Waals surface area (Å²) in [6.45, 7) is 0. The van der Waals surface area contributed by atoms with E-state index < -0.39 is 20.2 Å². The fraction of sp³-hybridized carbons (Fsp3) is 0. The Kier molecular flexibility index (Phi) is 8.28. The molecule has 302 valence electrons. The molecule has 0 saturated heterocycles. The van der Waals surface area contributed by atoms with Crippen molar-refractivity contribution in [2.24, 2.45) is 0 Å². The summed E-state index contributed by atoms with van der Waals surface area (Å²) in [6.07, 6.45) is 0. The molecule has 0 radical (unpaired) electrons. The SMILES string of the molecule is O=S(=O)(O)c1ccc(Oc2cccc3c2-c2nc-3nc3[nH]c(nc4nc(nc5[nH]c(n2)c2ccccc52)-c2cccc(Oc5ccccc5)c2-4)c2ccc(S(=O)(=O)O)cc32)cc1. The van der Waals surface area contributed by atoms with Crippen LogP contribution in [0, 0.1) is 0 Å². The van der Waals surface area contributed by atoms with Gasteiger partial charge in [-0.3, -0.25) is 9.11 Å². The maximum atomic E-state index is 12.4. The molecule has 0 atom stereocenters. The largest absolute Gasteiger partial charge is 0.457 e. The summed E-state index contributed by atoms with van der Waals surface area (Å²) >= 11 is 0. The highest BCUT2D eigenvalue weighted by Gasteiger charge is 2.27. The predicted octanol–water partition coefficient (Wildman–Crippen LogP) is 8.95. The molecule has 11 rings (SSSR count). The fourth-order valence-corrected chi connectivity index (χ4v) is 8.49. The highest BCUT2D eigenvalue weighted by molar-refractivity contribution is 7.86. The van der Waals surface area contributed by atoms with Crippen LogP contribution in [0.15, 0.2) is 143 Å². The van der Waals surface area contributed by atoms with Crippen LogP contribution >= 0.6 is 0 Å². The number of H-pyrrole nitrogens is 2. The zero-order valence-corrected chi connectivity index (χ0v) is 33.2. The summed E-state index contributed by atoms with van der Waals surface area (Å²) in [5.41, 5.74) is 3.39. The number of aromatic nitrogens is 8. The topological polar surface area (TPSA) is 236 Å². The van der Waals surface area contributed by atoms with Crippen LogP contribution in [0.25, 0.3) is 89.7 Å². The van der Waals surface area contributed by atoms with E-state index in [1.165, 1.54) is 42.5 Å². The molecule has 0 saturated carbocycles. The molecule has 2 aliphatic heterocycles. The van der Waals surface area contributed by atoms with Gasteiger partial charge in [-0.2, -0.15) is 16.8 Å². The zero-order chi connectivity index (χ0) is 42.3. The quantitative estimate of drug-likeness (QED) is 0.114. The van der Waals surface area contributed by atoms with Crippen molar-refractivity contribution in [3.63, 3.8) is 0 Å². The number of benzene rings is 6. The highest BCUT2D eigenvalue weighted by atomic mass is 32.2. The number of nitrogens with one attached hydrogen (secondary N) is 2. The summed E-state index contributed by atoms with van der Waals surface area (Å²) < 4.78 is 80.7. The molecule has 0 unspecified atom stereocenters. The van der Waals surface area contributed by atoms with E-state index in [1.807, 2.05) is 72.8 Å². The molecule has 0 amide bonds. The van der Waals surface area contributed by atoms with Gasteiger partial charge in [0.25, 0.3) is 20.2 Å². The smallest absolute Gasteiger partial charge is 0.294 e. The summed E-state index contributed by atoms with van der Waals surface area (Å²) in [7, 11) is -9.08. The standard InChI is InChI=1S/C44H26N8O8S2/c53-61(54,55)25-18-16-24(17-19-25)60-34-15-7-13-31-36(34)43-49-38-28-11-5-4-10-27(28)37(45-38)46-40-30-12-6-14-33(59-23-8-2-1-3-9-23)35(30)44(51-40)50-39-29-21-20-26(62(56,57)58)22-32(29)42(47-39)48-41(31)52-43/h1-22H,(H,53,54,55)(H,56,57,58)(H2,45,46,47,48,49,50,51,52). The van der Waals surface area contributed by atoms with Crippen LogP contribution in [0.5, 0.6) is 23.0 Å². The lowest BCUT2D eigenvalue weighted by Gasteiger charge is -2.10. The van der Waals surface area contributed by atoms with Crippen molar-refractivity contribution >= 4 is 64.4 Å². The normalized spacial score (nSPS) is 12.3. The van der Waals surface area contributed by atoms with Gasteiger partial charge in [-0.1, -0.05) is 66.7 Å². The Hall–Kier alpha value is -7.90. The Morgan fingerprint density at radius 1 is 0.403 bits per heavy atom. The van der Waals surface area contributed by atoms with Gasteiger partial charge in [0.2, 0.25) is 0 Å². The van der Waals surface area contributed by atoms with Crippen LogP contribution in [0.2, 0.25) is 0 Å². The lowest BCUT2D eigenvalue weighted by Crippen LogP contribution is -1.97. The van der Waals surface area contributed by atoms with Crippen molar-refractivity contribution in [3.05, 3.63) is 133 Å². The van der Waals surface area contributed by atoms with E-state index >= 15 is 0 Å². The van der Waals surface area contributed by atoms with Crippen molar-refractivity contribution in [3.8, 4) is 68.5 Å². The Morgan fingerprint density at radius 3 is 1.35 bits per heavy atom. The molecule has 2 aliphatic rings. The van der Waals surface area contributed by atoms with Crippen molar-refractivity contribution in [1.82, 2.24) is 39.9 Å². The van der Waals surface area contributed by atoms with Gasteiger partial charge in [0.05, 0.1) is 20.9 Å². The van der Waals surface area contributed by atoms with E-state index in [0.717, 1.165) is 10.8 Å². The Balaban J connectivity index is 1.23. The number of rotatable bonds is 6. The molecule has 8 bridgehead atoms. The van der Waals surface area contributed by atoms with E-state index in [2.05, 4.69) is 9.97 Å².